The first kappa shape index (κ1) is 15.2. The highest BCUT2D eigenvalue weighted by Crippen LogP contribution is 2.14. The van der Waals surface area contributed by atoms with Crippen molar-refractivity contribution in [2.75, 3.05) is 6.54 Å². The molecule has 1 amide bonds. The summed E-state index contributed by atoms with van der Waals surface area (Å²) in [5.74, 6) is -1.42. The molecule has 0 aliphatic carbocycles. The molecule has 19 heavy (non-hydrogen) atoms. The fraction of sp³-hybridized carbons (Fsp3) is 0.429. The van der Waals surface area contributed by atoms with Crippen LogP contribution in [0.3, 0.4) is 0 Å². The Labute approximate surface area is 113 Å². The Morgan fingerprint density at radius 2 is 1.84 bits per heavy atom. The zero-order chi connectivity index (χ0) is 14.5. The first-order chi connectivity index (χ1) is 8.88. The van der Waals surface area contributed by atoms with Gasteiger partial charge in [0.05, 0.1) is 5.54 Å². The number of rotatable bonds is 6. The molecule has 0 spiro atoms. The van der Waals surface area contributed by atoms with E-state index in [0.29, 0.717) is 12.1 Å². The topological polar surface area (TPSA) is 78.4 Å². The Balaban J connectivity index is 2.87. The quantitative estimate of drug-likeness (QED) is 0.724. The summed E-state index contributed by atoms with van der Waals surface area (Å²) in [4.78, 5) is 23.4. The molecule has 3 N–H and O–H groups in total. The van der Waals surface area contributed by atoms with Crippen molar-refractivity contribution in [2.45, 2.75) is 32.4 Å². The third kappa shape index (κ3) is 4.06. The van der Waals surface area contributed by atoms with Crippen LogP contribution >= 0.6 is 0 Å². The van der Waals surface area contributed by atoms with Gasteiger partial charge in [-0.3, -0.25) is 4.79 Å². The molecule has 0 aromatic heterocycles. The molecule has 1 atom stereocenters. The van der Waals surface area contributed by atoms with Gasteiger partial charge in [0.1, 0.15) is 0 Å². The molecule has 1 rings (SSSR count). The molecule has 104 valence electrons. The van der Waals surface area contributed by atoms with E-state index in [1.807, 2.05) is 6.92 Å². The van der Waals surface area contributed by atoms with Crippen LogP contribution in [0.5, 0.6) is 0 Å². The average Bonchev–Trinajstić information content (AvgIpc) is 2.36. The maximum atomic E-state index is 12.1. The molecule has 0 aliphatic rings. The van der Waals surface area contributed by atoms with E-state index in [1.54, 1.807) is 44.2 Å². The Kier molecular flexibility index (Phi) is 5.06. The second-order valence-corrected chi connectivity index (χ2v) is 4.81. The van der Waals surface area contributed by atoms with Crippen LogP contribution in [-0.2, 0) is 9.59 Å². The lowest BCUT2D eigenvalue weighted by Gasteiger charge is -2.26. The number of hydrogen-bond acceptors (Lipinski definition) is 3. The highest BCUT2D eigenvalue weighted by molar-refractivity contribution is 5.90. The van der Waals surface area contributed by atoms with Crippen molar-refractivity contribution in [1.29, 1.82) is 0 Å². The molecule has 0 saturated heterocycles. The number of likely N-dealkylation sites (N-methyl/N-ethyl adjacent to an activating group) is 1. The molecule has 0 bridgehead atoms. The van der Waals surface area contributed by atoms with Crippen molar-refractivity contribution < 1.29 is 14.7 Å². The summed E-state index contributed by atoms with van der Waals surface area (Å²) in [7, 11) is 0. The van der Waals surface area contributed by atoms with Crippen molar-refractivity contribution >= 4 is 11.9 Å². The Hall–Kier alpha value is -1.88. The van der Waals surface area contributed by atoms with Gasteiger partial charge in [-0.1, -0.05) is 37.3 Å². The van der Waals surface area contributed by atoms with E-state index in [2.05, 4.69) is 10.6 Å². The number of carbonyl (C=O) groups is 2. The van der Waals surface area contributed by atoms with Crippen molar-refractivity contribution in [1.82, 2.24) is 10.6 Å². The van der Waals surface area contributed by atoms with Gasteiger partial charge >= 0.3 is 5.97 Å². The van der Waals surface area contributed by atoms with Crippen LogP contribution in [0.2, 0.25) is 0 Å². The molecule has 1 aromatic rings. The highest BCUT2D eigenvalue weighted by atomic mass is 16.4. The van der Waals surface area contributed by atoms with Crippen LogP contribution in [-0.4, -0.2) is 29.1 Å². The fourth-order valence-electron chi connectivity index (χ4n) is 1.77. The van der Waals surface area contributed by atoms with Gasteiger partial charge in [-0.25, -0.2) is 4.79 Å². The second-order valence-electron chi connectivity index (χ2n) is 4.81. The Morgan fingerprint density at radius 1 is 1.26 bits per heavy atom. The van der Waals surface area contributed by atoms with Gasteiger partial charge in [-0.2, -0.15) is 0 Å². The third-order valence-electron chi connectivity index (χ3n) is 2.84. The molecule has 0 heterocycles. The van der Waals surface area contributed by atoms with E-state index in [9.17, 15) is 14.7 Å². The minimum absolute atomic E-state index is 0.342. The monoisotopic (exact) mass is 264 g/mol. The van der Waals surface area contributed by atoms with E-state index in [1.165, 1.54) is 0 Å². The summed E-state index contributed by atoms with van der Waals surface area (Å²) < 4.78 is 0. The van der Waals surface area contributed by atoms with Gasteiger partial charge in [-0.15, -0.1) is 0 Å². The standard InChI is InChI=1S/C14H20N2O3/c1-4-15-14(2,3)13(19)16-11(12(17)18)10-8-6-5-7-9-10/h5-9,11,15H,4H2,1-3H3,(H,16,19)(H,17,18)/t11-/m0/s1. The van der Waals surface area contributed by atoms with Gasteiger partial charge < -0.3 is 15.7 Å². The number of carboxylic acids is 1. The third-order valence-corrected chi connectivity index (χ3v) is 2.84. The molecule has 5 heteroatoms. The number of aliphatic carboxylic acids is 1. The number of carboxylic acid groups (broad SMARTS) is 1. The van der Waals surface area contributed by atoms with Crippen LogP contribution in [0.4, 0.5) is 0 Å². The molecule has 5 nitrogen and oxygen atoms in total. The predicted octanol–water partition coefficient (Wildman–Crippen LogP) is 1.32. The van der Waals surface area contributed by atoms with Crippen molar-refractivity contribution in [3.63, 3.8) is 0 Å². The minimum atomic E-state index is -1.08. The Bertz CT molecular complexity index is 443. The van der Waals surface area contributed by atoms with Crippen LogP contribution in [0.1, 0.15) is 32.4 Å². The molecule has 0 aliphatic heterocycles. The van der Waals surface area contributed by atoms with E-state index >= 15 is 0 Å². The Morgan fingerprint density at radius 3 is 2.32 bits per heavy atom. The molecular formula is C14H20N2O3. The highest BCUT2D eigenvalue weighted by Gasteiger charge is 2.31. The molecule has 0 saturated carbocycles. The number of benzene rings is 1. The molecule has 0 radical (unpaired) electrons. The lowest BCUT2D eigenvalue weighted by atomic mass is 10.0. The number of nitrogens with one attached hydrogen (secondary N) is 2. The van der Waals surface area contributed by atoms with Gasteiger partial charge in [0.2, 0.25) is 5.91 Å². The summed E-state index contributed by atoms with van der Waals surface area (Å²) in [6.07, 6.45) is 0. The average molecular weight is 264 g/mol. The SMILES string of the molecule is CCNC(C)(C)C(=O)N[C@H](C(=O)O)c1ccccc1. The largest absolute Gasteiger partial charge is 0.479 e. The van der Waals surface area contributed by atoms with Crippen molar-refractivity contribution in [3.8, 4) is 0 Å². The molecule has 0 unspecified atom stereocenters. The minimum Gasteiger partial charge on any atom is -0.479 e. The van der Waals surface area contributed by atoms with Crippen LogP contribution in [0.25, 0.3) is 0 Å². The van der Waals surface area contributed by atoms with Crippen molar-refractivity contribution in [3.05, 3.63) is 35.9 Å². The summed E-state index contributed by atoms with van der Waals surface area (Å²) >= 11 is 0. The van der Waals surface area contributed by atoms with E-state index in [4.69, 9.17) is 0 Å². The first-order valence-electron chi connectivity index (χ1n) is 6.22. The smallest absolute Gasteiger partial charge is 0.330 e. The van der Waals surface area contributed by atoms with E-state index in [0.717, 1.165) is 0 Å². The first-order valence-corrected chi connectivity index (χ1v) is 6.22. The number of hydrogen-bond donors (Lipinski definition) is 3. The maximum Gasteiger partial charge on any atom is 0.330 e. The zero-order valence-corrected chi connectivity index (χ0v) is 11.4. The molecule has 0 fully saturated rings. The summed E-state index contributed by atoms with van der Waals surface area (Å²) in [5, 5.41) is 14.8. The molecular weight excluding hydrogens is 244 g/mol. The number of amides is 1. The van der Waals surface area contributed by atoms with Crippen LogP contribution < -0.4 is 10.6 Å². The van der Waals surface area contributed by atoms with Gasteiger partial charge in [0, 0.05) is 0 Å². The van der Waals surface area contributed by atoms with E-state index in [-0.39, 0.29) is 5.91 Å². The summed E-state index contributed by atoms with van der Waals surface area (Å²) in [6, 6.07) is 7.61. The van der Waals surface area contributed by atoms with Crippen LogP contribution in [0.15, 0.2) is 30.3 Å². The van der Waals surface area contributed by atoms with Crippen LogP contribution in [0, 0.1) is 0 Å². The summed E-state index contributed by atoms with van der Waals surface area (Å²) in [5.41, 5.74) is -0.257. The van der Waals surface area contributed by atoms with Gasteiger partial charge in [0.15, 0.2) is 6.04 Å². The zero-order valence-electron chi connectivity index (χ0n) is 11.4. The second kappa shape index (κ2) is 6.33. The normalized spacial score (nSPS) is 12.8. The van der Waals surface area contributed by atoms with Gasteiger partial charge in [0.25, 0.3) is 0 Å². The van der Waals surface area contributed by atoms with Crippen molar-refractivity contribution in [2.24, 2.45) is 0 Å². The molecule has 1 aromatic carbocycles. The maximum absolute atomic E-state index is 12.1. The van der Waals surface area contributed by atoms with Gasteiger partial charge in [-0.05, 0) is 26.0 Å². The lowest BCUT2D eigenvalue weighted by Crippen LogP contribution is -2.54. The lowest BCUT2D eigenvalue weighted by molar-refractivity contribution is -0.143. The summed E-state index contributed by atoms with van der Waals surface area (Å²) in [6.45, 7) is 5.95. The fourth-order valence-corrected chi connectivity index (χ4v) is 1.77. The predicted molar refractivity (Wildman–Crippen MR) is 72.7 cm³/mol. The number of carbonyl (C=O) groups excluding carboxylic acids is 1. The van der Waals surface area contributed by atoms with E-state index < -0.39 is 17.6 Å².